The lowest BCUT2D eigenvalue weighted by atomic mass is 10.1. The number of hydrogen-bond acceptors (Lipinski definition) is 2. The van der Waals surface area contributed by atoms with Crippen molar-refractivity contribution in [3.05, 3.63) is 84.9 Å². The summed E-state index contributed by atoms with van der Waals surface area (Å²) < 4.78 is 1.35. The normalized spacial score (nSPS) is 10.9. The molecule has 4 rings (SSSR count). The van der Waals surface area contributed by atoms with Crippen LogP contribution >= 0.6 is 23.1 Å². The molecule has 0 spiro atoms. The Kier molecular flexibility index (Phi) is 3.71. The van der Waals surface area contributed by atoms with Gasteiger partial charge in [0.2, 0.25) is 0 Å². The van der Waals surface area contributed by atoms with Gasteiger partial charge in [0.15, 0.2) is 0 Å². The van der Waals surface area contributed by atoms with Crippen molar-refractivity contribution in [3.8, 4) is 10.4 Å². The van der Waals surface area contributed by atoms with Crippen molar-refractivity contribution in [1.29, 1.82) is 0 Å². The maximum absolute atomic E-state index is 2.23. The minimum absolute atomic E-state index is 1.28. The molecule has 0 unspecified atom stereocenters. The number of fused-ring (bicyclic) bond motifs is 1. The Morgan fingerprint density at radius 3 is 2.05 bits per heavy atom. The molecule has 0 aliphatic carbocycles. The summed E-state index contributed by atoms with van der Waals surface area (Å²) in [5.41, 5.74) is 1.29. The molecule has 1 heterocycles. The van der Waals surface area contributed by atoms with E-state index in [4.69, 9.17) is 0 Å². The first-order chi connectivity index (χ1) is 10.9. The van der Waals surface area contributed by atoms with Crippen molar-refractivity contribution < 1.29 is 0 Å². The van der Waals surface area contributed by atoms with Gasteiger partial charge in [0.05, 0.1) is 0 Å². The Hall–Kier alpha value is -2.03. The van der Waals surface area contributed by atoms with Gasteiger partial charge in [0.1, 0.15) is 0 Å². The molecule has 1 aromatic heterocycles. The van der Waals surface area contributed by atoms with Gasteiger partial charge in [-0.05, 0) is 23.8 Å². The summed E-state index contributed by atoms with van der Waals surface area (Å²) in [5.74, 6) is 0. The highest BCUT2D eigenvalue weighted by atomic mass is 32.2. The monoisotopic (exact) mass is 318 g/mol. The third-order valence-electron chi connectivity index (χ3n) is 3.55. The van der Waals surface area contributed by atoms with Crippen molar-refractivity contribution in [3.63, 3.8) is 0 Å². The van der Waals surface area contributed by atoms with Gasteiger partial charge in [-0.15, -0.1) is 11.3 Å². The van der Waals surface area contributed by atoms with E-state index in [0.29, 0.717) is 0 Å². The van der Waals surface area contributed by atoms with Gasteiger partial charge in [-0.1, -0.05) is 78.5 Å². The van der Waals surface area contributed by atoms with Crippen molar-refractivity contribution in [2.24, 2.45) is 0 Å². The molecule has 0 aliphatic heterocycles. The topological polar surface area (TPSA) is 0 Å². The largest absolute Gasteiger partial charge is 0.134 e. The van der Waals surface area contributed by atoms with E-state index in [-0.39, 0.29) is 0 Å². The van der Waals surface area contributed by atoms with Gasteiger partial charge in [-0.3, -0.25) is 0 Å². The Morgan fingerprint density at radius 2 is 1.27 bits per heavy atom. The molecular formula is C20H14S2. The van der Waals surface area contributed by atoms with Crippen LogP contribution < -0.4 is 0 Å². The fraction of sp³-hybridized carbons (Fsp3) is 0. The zero-order chi connectivity index (χ0) is 14.8. The molecule has 0 aliphatic rings. The van der Waals surface area contributed by atoms with Crippen LogP contribution in [0.5, 0.6) is 0 Å². The lowest BCUT2D eigenvalue weighted by Gasteiger charge is -2.05. The van der Waals surface area contributed by atoms with Gasteiger partial charge in [-0.2, -0.15) is 0 Å². The molecule has 0 N–H and O–H groups in total. The van der Waals surface area contributed by atoms with Crippen LogP contribution in [0, 0.1) is 0 Å². The maximum Gasteiger partial charge on any atom is 0.0494 e. The average molecular weight is 318 g/mol. The summed E-state index contributed by atoms with van der Waals surface area (Å²) in [6.07, 6.45) is 0. The molecule has 3 aromatic carbocycles. The molecule has 0 atom stereocenters. The average Bonchev–Trinajstić information content (AvgIpc) is 2.95. The summed E-state index contributed by atoms with van der Waals surface area (Å²) in [7, 11) is 0. The van der Waals surface area contributed by atoms with Crippen molar-refractivity contribution >= 4 is 33.2 Å². The highest BCUT2D eigenvalue weighted by Crippen LogP contribution is 2.46. The first-order valence-electron chi connectivity index (χ1n) is 7.22. The first-order valence-corrected chi connectivity index (χ1v) is 8.85. The van der Waals surface area contributed by atoms with E-state index in [1.807, 2.05) is 23.1 Å². The number of thiophene rings is 1. The quantitative estimate of drug-likeness (QED) is 0.404. The molecule has 0 saturated carbocycles. The molecule has 0 nitrogen and oxygen atoms in total. The Balaban J connectivity index is 1.91. The SMILES string of the molecule is c1ccc(Sc2c(-c3ccccc3)sc3ccccc23)cc1. The van der Waals surface area contributed by atoms with Crippen LogP contribution in [0.1, 0.15) is 0 Å². The third kappa shape index (κ3) is 2.56. The van der Waals surface area contributed by atoms with Gasteiger partial charge < -0.3 is 0 Å². The summed E-state index contributed by atoms with van der Waals surface area (Å²) >= 11 is 3.73. The summed E-state index contributed by atoms with van der Waals surface area (Å²) in [4.78, 5) is 4.00. The van der Waals surface area contributed by atoms with Crippen molar-refractivity contribution in [1.82, 2.24) is 0 Å². The van der Waals surface area contributed by atoms with Crippen LogP contribution in [0.25, 0.3) is 20.5 Å². The predicted octanol–water partition coefficient (Wildman–Crippen LogP) is 6.72. The molecule has 0 saturated heterocycles. The molecule has 2 heteroatoms. The summed E-state index contributed by atoms with van der Waals surface area (Å²) in [5, 5.41) is 1.35. The smallest absolute Gasteiger partial charge is 0.0494 e. The minimum Gasteiger partial charge on any atom is -0.134 e. The molecule has 0 amide bonds. The van der Waals surface area contributed by atoms with Gasteiger partial charge in [0.25, 0.3) is 0 Å². The van der Waals surface area contributed by atoms with Crippen molar-refractivity contribution in [2.75, 3.05) is 0 Å². The second-order valence-corrected chi connectivity index (χ2v) is 7.17. The second kappa shape index (κ2) is 5.99. The maximum atomic E-state index is 2.23. The minimum atomic E-state index is 1.28. The number of hydrogen-bond donors (Lipinski definition) is 0. The zero-order valence-corrected chi connectivity index (χ0v) is 13.5. The fourth-order valence-electron chi connectivity index (χ4n) is 2.51. The summed E-state index contributed by atoms with van der Waals surface area (Å²) in [6.45, 7) is 0. The standard InChI is InChI=1S/C20H14S2/c1-3-9-15(10-4-1)19-20(21-16-11-5-2-6-12-16)17-13-7-8-14-18(17)22-19/h1-14H. The Labute approximate surface area is 138 Å². The molecule has 0 radical (unpaired) electrons. The number of benzene rings is 3. The zero-order valence-electron chi connectivity index (χ0n) is 11.9. The van der Waals surface area contributed by atoms with Crippen LogP contribution in [0.2, 0.25) is 0 Å². The van der Waals surface area contributed by atoms with Gasteiger partial charge >= 0.3 is 0 Å². The molecule has 22 heavy (non-hydrogen) atoms. The van der Waals surface area contributed by atoms with Crippen molar-refractivity contribution in [2.45, 2.75) is 9.79 Å². The third-order valence-corrected chi connectivity index (χ3v) is 6.03. The van der Waals surface area contributed by atoms with Crippen LogP contribution in [0.15, 0.2) is 94.7 Å². The second-order valence-electron chi connectivity index (χ2n) is 5.04. The van der Waals surface area contributed by atoms with E-state index < -0.39 is 0 Å². The van der Waals surface area contributed by atoms with E-state index in [0.717, 1.165) is 0 Å². The molecule has 4 aromatic rings. The fourth-order valence-corrected chi connectivity index (χ4v) is 4.95. The molecule has 106 valence electrons. The van der Waals surface area contributed by atoms with Gasteiger partial charge in [0, 0.05) is 24.8 Å². The molecule has 0 fully saturated rings. The highest BCUT2D eigenvalue weighted by Gasteiger charge is 2.14. The highest BCUT2D eigenvalue weighted by molar-refractivity contribution is 8.00. The molecule has 0 bridgehead atoms. The van der Waals surface area contributed by atoms with E-state index in [9.17, 15) is 0 Å². The van der Waals surface area contributed by atoms with Gasteiger partial charge in [-0.25, -0.2) is 0 Å². The predicted molar refractivity (Wildman–Crippen MR) is 97.8 cm³/mol. The van der Waals surface area contributed by atoms with Crippen LogP contribution in [0.4, 0.5) is 0 Å². The Morgan fingerprint density at radius 1 is 0.636 bits per heavy atom. The van der Waals surface area contributed by atoms with Crippen LogP contribution in [-0.2, 0) is 0 Å². The van der Waals surface area contributed by atoms with E-state index in [1.165, 1.54) is 30.3 Å². The summed E-state index contributed by atoms with van der Waals surface area (Å²) in [6, 6.07) is 30.0. The van der Waals surface area contributed by atoms with Crippen LogP contribution in [-0.4, -0.2) is 0 Å². The Bertz CT molecular complexity index is 893. The first kappa shape index (κ1) is 13.6. The lowest BCUT2D eigenvalue weighted by molar-refractivity contribution is 1.45. The number of rotatable bonds is 3. The van der Waals surface area contributed by atoms with E-state index in [1.54, 1.807) is 0 Å². The van der Waals surface area contributed by atoms with Crippen LogP contribution in [0.3, 0.4) is 0 Å². The van der Waals surface area contributed by atoms with E-state index in [2.05, 4.69) is 84.9 Å². The lowest BCUT2D eigenvalue weighted by Crippen LogP contribution is -1.77. The molecular weight excluding hydrogens is 304 g/mol. The van der Waals surface area contributed by atoms with E-state index >= 15 is 0 Å².